The van der Waals surface area contributed by atoms with Crippen LogP contribution in [0.4, 0.5) is 5.13 Å². The third-order valence-electron chi connectivity index (χ3n) is 3.14. The Morgan fingerprint density at radius 1 is 1.09 bits per heavy atom. The Morgan fingerprint density at radius 3 is 2.61 bits per heavy atom. The average molecular weight is 362 g/mol. The zero-order chi connectivity index (χ0) is 16.2. The lowest BCUT2D eigenvalue weighted by Crippen LogP contribution is -1.90. The first-order valence-corrected chi connectivity index (χ1v) is 8.47. The number of hydrogen-bond acceptors (Lipinski definition) is 4. The van der Waals surface area contributed by atoms with Crippen molar-refractivity contribution in [2.24, 2.45) is 5.10 Å². The summed E-state index contributed by atoms with van der Waals surface area (Å²) in [6.07, 6.45) is 1.71. The number of hydrazone groups is 1. The molecule has 2 aromatic carbocycles. The first-order chi connectivity index (χ1) is 11.1. The Morgan fingerprint density at radius 2 is 1.87 bits per heavy atom. The number of anilines is 1. The lowest BCUT2D eigenvalue weighted by atomic mass is 10.1. The second-order valence-corrected chi connectivity index (χ2v) is 6.93. The van der Waals surface area contributed by atoms with Gasteiger partial charge < -0.3 is 0 Å². The maximum Gasteiger partial charge on any atom is 0.204 e. The lowest BCUT2D eigenvalue weighted by molar-refractivity contribution is 1.28. The predicted octanol–water partition coefficient (Wildman–Crippen LogP) is 5.87. The van der Waals surface area contributed by atoms with E-state index in [0.717, 1.165) is 26.8 Å². The smallest absolute Gasteiger partial charge is 0.204 e. The molecule has 0 aliphatic carbocycles. The molecule has 0 aliphatic rings. The molecule has 23 heavy (non-hydrogen) atoms. The molecule has 0 saturated carbocycles. The normalized spacial score (nSPS) is 11.1. The molecule has 0 radical (unpaired) electrons. The highest BCUT2D eigenvalue weighted by molar-refractivity contribution is 7.15. The minimum absolute atomic E-state index is 0.684. The number of nitrogens with one attached hydrogen (secondary N) is 1. The molecule has 3 aromatic rings. The van der Waals surface area contributed by atoms with Crippen molar-refractivity contribution in [3.63, 3.8) is 0 Å². The van der Waals surface area contributed by atoms with Gasteiger partial charge in [-0.1, -0.05) is 47.5 Å². The maximum absolute atomic E-state index is 5.94. The standard InChI is InChI=1S/C17H13Cl2N3S/c1-11-16(13-5-7-14(18)8-6-13)21-17(23-11)22-20-10-12-3-2-4-15(19)9-12/h2-10H,1H3,(H,21,22)/b20-10-. The number of benzene rings is 2. The fourth-order valence-electron chi connectivity index (χ4n) is 2.07. The van der Waals surface area contributed by atoms with E-state index in [-0.39, 0.29) is 0 Å². The highest BCUT2D eigenvalue weighted by atomic mass is 35.5. The van der Waals surface area contributed by atoms with Gasteiger partial charge >= 0.3 is 0 Å². The predicted molar refractivity (Wildman–Crippen MR) is 100.0 cm³/mol. The van der Waals surface area contributed by atoms with Crippen LogP contribution in [0.5, 0.6) is 0 Å². The monoisotopic (exact) mass is 361 g/mol. The molecule has 0 spiro atoms. The summed E-state index contributed by atoms with van der Waals surface area (Å²) in [6.45, 7) is 2.04. The molecule has 3 rings (SSSR count). The van der Waals surface area contributed by atoms with Gasteiger partial charge in [-0.15, -0.1) is 11.3 Å². The first kappa shape index (κ1) is 16.0. The van der Waals surface area contributed by atoms with E-state index in [0.29, 0.717) is 10.0 Å². The maximum atomic E-state index is 5.94. The van der Waals surface area contributed by atoms with Crippen molar-refractivity contribution in [2.45, 2.75) is 6.92 Å². The van der Waals surface area contributed by atoms with Gasteiger partial charge in [0.25, 0.3) is 0 Å². The molecule has 1 N–H and O–H groups in total. The quantitative estimate of drug-likeness (QED) is 0.465. The second kappa shape index (κ2) is 7.13. The average Bonchev–Trinajstić information content (AvgIpc) is 2.89. The molecule has 0 bridgehead atoms. The Bertz CT molecular complexity index is 841. The summed E-state index contributed by atoms with van der Waals surface area (Å²) < 4.78 is 0. The number of thiazole rings is 1. The summed E-state index contributed by atoms with van der Waals surface area (Å²) >= 11 is 13.4. The fourth-order valence-corrected chi connectivity index (χ4v) is 3.18. The third kappa shape index (κ3) is 4.10. The third-order valence-corrected chi connectivity index (χ3v) is 4.50. The highest BCUT2D eigenvalue weighted by Crippen LogP contribution is 2.30. The zero-order valence-corrected chi connectivity index (χ0v) is 14.6. The van der Waals surface area contributed by atoms with E-state index in [1.807, 2.05) is 55.5 Å². The van der Waals surface area contributed by atoms with Crippen molar-refractivity contribution in [3.8, 4) is 11.3 Å². The van der Waals surface area contributed by atoms with Crippen LogP contribution in [0.2, 0.25) is 10.0 Å². The zero-order valence-electron chi connectivity index (χ0n) is 12.3. The lowest BCUT2D eigenvalue weighted by Gasteiger charge is -1.98. The highest BCUT2D eigenvalue weighted by Gasteiger charge is 2.09. The Kier molecular flexibility index (Phi) is 4.96. The van der Waals surface area contributed by atoms with Gasteiger partial charge in [0.15, 0.2) is 0 Å². The Hall–Kier alpha value is -1.88. The summed E-state index contributed by atoms with van der Waals surface area (Å²) in [6, 6.07) is 15.1. The molecular weight excluding hydrogens is 349 g/mol. The number of aryl methyl sites for hydroxylation is 1. The van der Waals surface area contributed by atoms with Crippen molar-refractivity contribution in [2.75, 3.05) is 5.43 Å². The van der Waals surface area contributed by atoms with Crippen LogP contribution in [0.15, 0.2) is 53.6 Å². The molecule has 0 unspecified atom stereocenters. The second-order valence-electron chi connectivity index (χ2n) is 4.86. The van der Waals surface area contributed by atoms with Gasteiger partial charge in [-0.3, -0.25) is 5.43 Å². The molecule has 1 heterocycles. The van der Waals surface area contributed by atoms with Crippen LogP contribution in [0.1, 0.15) is 10.4 Å². The first-order valence-electron chi connectivity index (χ1n) is 6.90. The van der Waals surface area contributed by atoms with Crippen molar-refractivity contribution in [1.29, 1.82) is 0 Å². The van der Waals surface area contributed by atoms with Gasteiger partial charge in [-0.05, 0) is 36.8 Å². The minimum atomic E-state index is 0.684. The van der Waals surface area contributed by atoms with Crippen molar-refractivity contribution in [1.82, 2.24) is 4.98 Å². The summed E-state index contributed by atoms with van der Waals surface area (Å²) in [5.41, 5.74) is 5.86. The van der Waals surface area contributed by atoms with E-state index < -0.39 is 0 Å². The molecule has 0 amide bonds. The van der Waals surface area contributed by atoms with Crippen LogP contribution in [-0.4, -0.2) is 11.2 Å². The van der Waals surface area contributed by atoms with Crippen LogP contribution < -0.4 is 5.43 Å². The summed E-state index contributed by atoms with van der Waals surface area (Å²) in [4.78, 5) is 5.70. The molecule has 6 heteroatoms. The van der Waals surface area contributed by atoms with Gasteiger partial charge in [-0.25, -0.2) is 4.98 Å². The van der Waals surface area contributed by atoms with Crippen LogP contribution in [0.25, 0.3) is 11.3 Å². The van der Waals surface area contributed by atoms with Gasteiger partial charge in [-0.2, -0.15) is 5.10 Å². The molecule has 1 aromatic heterocycles. The van der Waals surface area contributed by atoms with E-state index >= 15 is 0 Å². The van der Waals surface area contributed by atoms with Crippen molar-refractivity contribution in [3.05, 3.63) is 69.0 Å². The molecular formula is C17H13Cl2N3S. The topological polar surface area (TPSA) is 37.3 Å². The number of rotatable bonds is 4. The Balaban J connectivity index is 1.75. The van der Waals surface area contributed by atoms with E-state index in [1.165, 1.54) is 0 Å². The Labute approximate surface area is 148 Å². The van der Waals surface area contributed by atoms with Gasteiger partial charge in [0.05, 0.1) is 11.9 Å². The van der Waals surface area contributed by atoms with Crippen LogP contribution in [0, 0.1) is 6.92 Å². The number of hydrogen-bond donors (Lipinski definition) is 1. The van der Waals surface area contributed by atoms with Crippen LogP contribution >= 0.6 is 34.5 Å². The van der Waals surface area contributed by atoms with Crippen LogP contribution in [0.3, 0.4) is 0 Å². The van der Waals surface area contributed by atoms with E-state index in [2.05, 4.69) is 15.5 Å². The molecule has 116 valence electrons. The molecule has 0 fully saturated rings. The number of aromatic nitrogens is 1. The summed E-state index contributed by atoms with van der Waals surface area (Å²) in [5.74, 6) is 0. The van der Waals surface area contributed by atoms with E-state index in [4.69, 9.17) is 23.2 Å². The molecule has 0 saturated heterocycles. The summed E-state index contributed by atoms with van der Waals surface area (Å²) in [7, 11) is 0. The van der Waals surface area contributed by atoms with Crippen LogP contribution in [-0.2, 0) is 0 Å². The van der Waals surface area contributed by atoms with Gasteiger partial charge in [0, 0.05) is 20.5 Å². The van der Waals surface area contributed by atoms with E-state index in [9.17, 15) is 0 Å². The van der Waals surface area contributed by atoms with Gasteiger partial charge in [0.1, 0.15) is 0 Å². The SMILES string of the molecule is Cc1sc(N/N=C\c2cccc(Cl)c2)nc1-c1ccc(Cl)cc1. The van der Waals surface area contributed by atoms with Crippen molar-refractivity contribution < 1.29 is 0 Å². The summed E-state index contributed by atoms with van der Waals surface area (Å²) in [5, 5.41) is 6.35. The number of halogens is 2. The minimum Gasteiger partial charge on any atom is -0.253 e. The molecule has 0 aliphatic heterocycles. The number of nitrogens with zero attached hydrogens (tertiary/aromatic N) is 2. The van der Waals surface area contributed by atoms with Gasteiger partial charge in [0.2, 0.25) is 5.13 Å². The van der Waals surface area contributed by atoms with E-state index in [1.54, 1.807) is 17.6 Å². The molecule has 0 atom stereocenters. The molecule has 3 nitrogen and oxygen atoms in total. The largest absolute Gasteiger partial charge is 0.253 e. The van der Waals surface area contributed by atoms with Crippen molar-refractivity contribution >= 4 is 45.9 Å². The fraction of sp³-hybridized carbons (Fsp3) is 0.0588.